The molecule has 0 aromatic heterocycles. The lowest BCUT2D eigenvalue weighted by Crippen LogP contribution is -2.54. The van der Waals surface area contributed by atoms with E-state index >= 15 is 0 Å². The SMILES string of the molecule is CC1C(=O)NC(=O)CC12CCCCC2c1ccccc1. The normalized spacial score (nSPS) is 34.0. The maximum absolute atomic E-state index is 12.1. The summed E-state index contributed by atoms with van der Waals surface area (Å²) in [6.45, 7) is 1.99. The predicted molar refractivity (Wildman–Crippen MR) is 77.0 cm³/mol. The number of hydrogen-bond acceptors (Lipinski definition) is 2. The quantitative estimate of drug-likeness (QED) is 0.798. The average Bonchev–Trinajstić information content (AvgIpc) is 2.46. The summed E-state index contributed by atoms with van der Waals surface area (Å²) < 4.78 is 0. The van der Waals surface area contributed by atoms with Gasteiger partial charge in [-0.15, -0.1) is 0 Å². The van der Waals surface area contributed by atoms with Gasteiger partial charge in [-0.3, -0.25) is 14.9 Å². The summed E-state index contributed by atoms with van der Waals surface area (Å²) in [5.41, 5.74) is 1.10. The molecule has 1 saturated carbocycles. The van der Waals surface area contributed by atoms with Gasteiger partial charge in [0.2, 0.25) is 11.8 Å². The van der Waals surface area contributed by atoms with Gasteiger partial charge in [0, 0.05) is 12.3 Å². The van der Waals surface area contributed by atoms with Crippen molar-refractivity contribution in [2.75, 3.05) is 0 Å². The Balaban J connectivity index is 2.03. The van der Waals surface area contributed by atoms with Crippen molar-refractivity contribution in [1.29, 1.82) is 0 Å². The summed E-state index contributed by atoms with van der Waals surface area (Å²) in [5, 5.41) is 2.49. The highest BCUT2D eigenvalue weighted by atomic mass is 16.2. The van der Waals surface area contributed by atoms with Crippen molar-refractivity contribution in [1.82, 2.24) is 5.32 Å². The van der Waals surface area contributed by atoms with Gasteiger partial charge >= 0.3 is 0 Å². The van der Waals surface area contributed by atoms with Gasteiger partial charge in [0.1, 0.15) is 0 Å². The zero-order valence-electron chi connectivity index (χ0n) is 11.9. The Kier molecular flexibility index (Phi) is 3.36. The van der Waals surface area contributed by atoms with Crippen LogP contribution in [0.2, 0.25) is 0 Å². The van der Waals surface area contributed by atoms with E-state index < -0.39 is 0 Å². The van der Waals surface area contributed by atoms with Crippen molar-refractivity contribution in [2.45, 2.75) is 44.9 Å². The molecule has 1 saturated heterocycles. The molecule has 1 aliphatic heterocycles. The van der Waals surface area contributed by atoms with Crippen LogP contribution in [0, 0.1) is 11.3 Å². The van der Waals surface area contributed by atoms with Crippen LogP contribution in [0.25, 0.3) is 0 Å². The van der Waals surface area contributed by atoms with Gasteiger partial charge in [-0.05, 0) is 29.7 Å². The molecule has 0 radical (unpaired) electrons. The highest BCUT2D eigenvalue weighted by molar-refractivity contribution is 5.99. The minimum absolute atomic E-state index is 0.0919. The number of nitrogens with one attached hydrogen (secondary N) is 1. The molecule has 2 fully saturated rings. The molecule has 1 N–H and O–H groups in total. The fourth-order valence-corrected chi connectivity index (χ4v) is 4.18. The maximum atomic E-state index is 12.1. The highest BCUT2D eigenvalue weighted by Gasteiger charge is 2.51. The van der Waals surface area contributed by atoms with Gasteiger partial charge < -0.3 is 0 Å². The largest absolute Gasteiger partial charge is 0.296 e. The predicted octanol–water partition coefficient (Wildman–Crippen LogP) is 3.01. The molecular formula is C17H21NO2. The number of amides is 2. The van der Waals surface area contributed by atoms with Crippen LogP contribution in [0.15, 0.2) is 30.3 Å². The molecule has 20 heavy (non-hydrogen) atoms. The number of piperidine rings is 1. The third-order valence-corrected chi connectivity index (χ3v) is 5.29. The Morgan fingerprint density at radius 2 is 1.90 bits per heavy atom. The lowest BCUT2D eigenvalue weighted by Gasteiger charge is -2.49. The second-order valence-electron chi connectivity index (χ2n) is 6.25. The molecule has 3 rings (SSSR count). The van der Waals surface area contributed by atoms with E-state index in [-0.39, 0.29) is 23.1 Å². The van der Waals surface area contributed by atoms with Crippen molar-refractivity contribution >= 4 is 11.8 Å². The number of rotatable bonds is 1. The van der Waals surface area contributed by atoms with E-state index in [1.54, 1.807) is 0 Å². The molecule has 3 heteroatoms. The van der Waals surface area contributed by atoms with Crippen LogP contribution >= 0.6 is 0 Å². The number of benzene rings is 1. The number of hydrogen-bond donors (Lipinski definition) is 1. The van der Waals surface area contributed by atoms with E-state index in [4.69, 9.17) is 0 Å². The highest BCUT2D eigenvalue weighted by Crippen LogP contribution is 2.55. The molecule has 3 unspecified atom stereocenters. The third kappa shape index (κ3) is 2.05. The van der Waals surface area contributed by atoms with Crippen LogP contribution in [-0.4, -0.2) is 11.8 Å². The van der Waals surface area contributed by atoms with Gasteiger partial charge in [-0.25, -0.2) is 0 Å². The zero-order valence-corrected chi connectivity index (χ0v) is 11.9. The molecule has 3 nitrogen and oxygen atoms in total. The van der Waals surface area contributed by atoms with Crippen molar-refractivity contribution in [2.24, 2.45) is 11.3 Å². The second-order valence-corrected chi connectivity index (χ2v) is 6.25. The summed E-state index contributed by atoms with van der Waals surface area (Å²) in [5.74, 6) is 0.0353. The maximum Gasteiger partial charge on any atom is 0.229 e. The molecule has 3 atom stereocenters. The van der Waals surface area contributed by atoms with Gasteiger partial charge in [-0.2, -0.15) is 0 Å². The topological polar surface area (TPSA) is 46.2 Å². The van der Waals surface area contributed by atoms with Crippen molar-refractivity contribution in [3.63, 3.8) is 0 Å². The fourth-order valence-electron chi connectivity index (χ4n) is 4.18. The first-order chi connectivity index (χ1) is 9.63. The minimum Gasteiger partial charge on any atom is -0.296 e. The third-order valence-electron chi connectivity index (χ3n) is 5.29. The molecule has 106 valence electrons. The lowest BCUT2D eigenvalue weighted by molar-refractivity contribution is -0.145. The minimum atomic E-state index is -0.182. The first kappa shape index (κ1) is 13.3. The van der Waals surface area contributed by atoms with Gasteiger partial charge in [0.15, 0.2) is 0 Å². The first-order valence-electron chi connectivity index (χ1n) is 7.52. The van der Waals surface area contributed by atoms with Crippen LogP contribution in [0.1, 0.15) is 50.5 Å². The van der Waals surface area contributed by atoms with E-state index in [1.807, 2.05) is 25.1 Å². The molecule has 2 amide bonds. The molecular weight excluding hydrogens is 250 g/mol. The average molecular weight is 271 g/mol. The summed E-state index contributed by atoms with van der Waals surface area (Å²) in [6, 6.07) is 10.4. The first-order valence-corrected chi connectivity index (χ1v) is 7.52. The summed E-state index contributed by atoms with van der Waals surface area (Å²) in [7, 11) is 0. The van der Waals surface area contributed by atoms with Crippen molar-refractivity contribution in [3.05, 3.63) is 35.9 Å². The Morgan fingerprint density at radius 3 is 2.65 bits per heavy atom. The van der Waals surface area contributed by atoms with E-state index in [2.05, 4.69) is 17.4 Å². The van der Waals surface area contributed by atoms with Gasteiger partial charge in [-0.1, -0.05) is 50.1 Å². The van der Waals surface area contributed by atoms with E-state index in [1.165, 1.54) is 12.0 Å². The number of imide groups is 1. The van der Waals surface area contributed by atoms with Crippen molar-refractivity contribution < 1.29 is 9.59 Å². The Bertz CT molecular complexity index is 525. The standard InChI is InChI=1S/C17H21NO2/c1-12-16(20)18-15(19)11-17(12)10-6-5-9-14(17)13-7-3-2-4-8-13/h2-4,7-8,12,14H,5-6,9-11H2,1H3,(H,18,19,20). The summed E-state index contributed by atoms with van der Waals surface area (Å²) in [6.07, 6.45) is 4.85. The lowest BCUT2D eigenvalue weighted by atomic mass is 9.55. The van der Waals surface area contributed by atoms with Crippen LogP contribution < -0.4 is 5.32 Å². The molecule has 2 aliphatic rings. The Hall–Kier alpha value is -1.64. The van der Waals surface area contributed by atoms with E-state index in [0.29, 0.717) is 12.3 Å². The molecule has 1 aromatic rings. The second kappa shape index (κ2) is 5.04. The fraction of sp³-hybridized carbons (Fsp3) is 0.529. The van der Waals surface area contributed by atoms with Crippen LogP contribution in [0.5, 0.6) is 0 Å². The van der Waals surface area contributed by atoms with Gasteiger partial charge in [0.05, 0.1) is 0 Å². The van der Waals surface area contributed by atoms with E-state index in [9.17, 15) is 9.59 Å². The zero-order chi connectivity index (χ0) is 14.2. The van der Waals surface area contributed by atoms with Gasteiger partial charge in [0.25, 0.3) is 0 Å². The van der Waals surface area contributed by atoms with Crippen LogP contribution in [0.4, 0.5) is 0 Å². The number of carbonyl (C=O) groups is 2. The number of carbonyl (C=O) groups excluding carboxylic acids is 2. The molecule has 1 aromatic carbocycles. The Morgan fingerprint density at radius 1 is 1.15 bits per heavy atom. The Labute approximate surface area is 119 Å². The molecule has 0 bridgehead atoms. The molecule has 1 heterocycles. The van der Waals surface area contributed by atoms with E-state index in [0.717, 1.165) is 19.3 Å². The van der Waals surface area contributed by atoms with Crippen molar-refractivity contribution in [3.8, 4) is 0 Å². The molecule has 1 spiro atoms. The summed E-state index contributed by atoms with van der Waals surface area (Å²) >= 11 is 0. The molecule has 1 aliphatic carbocycles. The smallest absolute Gasteiger partial charge is 0.229 e. The van der Waals surface area contributed by atoms with Crippen LogP contribution in [0.3, 0.4) is 0 Å². The monoisotopic (exact) mass is 271 g/mol. The summed E-state index contributed by atoms with van der Waals surface area (Å²) in [4.78, 5) is 24.1. The van der Waals surface area contributed by atoms with Crippen LogP contribution in [-0.2, 0) is 9.59 Å².